The lowest BCUT2D eigenvalue weighted by Gasteiger charge is -2.23. The van der Waals surface area contributed by atoms with Crippen LogP contribution in [0.1, 0.15) is 39.7 Å². The van der Waals surface area contributed by atoms with Crippen LogP contribution in [0.2, 0.25) is 0 Å². The number of aromatic nitrogens is 2. The minimum atomic E-state index is -0.477. The highest BCUT2D eigenvalue weighted by atomic mass is 16.6. The molecule has 118 valence electrons. The highest BCUT2D eigenvalue weighted by molar-refractivity contribution is 5.68. The van der Waals surface area contributed by atoms with E-state index in [4.69, 9.17) is 4.74 Å². The van der Waals surface area contributed by atoms with Gasteiger partial charge in [-0.1, -0.05) is 13.5 Å². The summed E-state index contributed by atoms with van der Waals surface area (Å²) in [5.74, 6) is 0. The molecule has 0 spiro atoms. The Hall–Kier alpha value is -1.82. The minimum absolute atomic E-state index is 0.0364. The van der Waals surface area contributed by atoms with Crippen LogP contribution in [0.15, 0.2) is 19.0 Å². The number of amides is 1. The van der Waals surface area contributed by atoms with Gasteiger partial charge in [-0.15, -0.1) is 0 Å². The summed E-state index contributed by atoms with van der Waals surface area (Å²) in [4.78, 5) is 11.7. The molecule has 0 fully saturated rings. The maximum Gasteiger partial charge on any atom is 0.407 e. The van der Waals surface area contributed by atoms with Gasteiger partial charge in [0.05, 0.1) is 6.20 Å². The van der Waals surface area contributed by atoms with Crippen molar-refractivity contribution in [2.75, 3.05) is 6.54 Å². The lowest BCUT2D eigenvalue weighted by atomic mass is 10.2. The molecule has 0 aromatic carbocycles. The van der Waals surface area contributed by atoms with E-state index >= 15 is 0 Å². The fraction of sp³-hybridized carbons (Fsp3) is 0.600. The van der Waals surface area contributed by atoms with Crippen molar-refractivity contribution < 1.29 is 9.53 Å². The second-order valence-corrected chi connectivity index (χ2v) is 5.89. The Bertz CT molecular complexity index is 462. The monoisotopic (exact) mass is 294 g/mol. The SMILES string of the molecule is C=Cn1cc(CNCC(CC)NC(=O)OC(C)(C)C)cn1. The van der Waals surface area contributed by atoms with E-state index in [1.807, 2.05) is 33.9 Å². The van der Waals surface area contributed by atoms with Crippen molar-refractivity contribution in [3.63, 3.8) is 0 Å². The molecule has 0 aliphatic carbocycles. The van der Waals surface area contributed by atoms with Crippen molar-refractivity contribution in [3.05, 3.63) is 24.5 Å². The molecule has 21 heavy (non-hydrogen) atoms. The first-order valence-corrected chi connectivity index (χ1v) is 7.20. The fourth-order valence-electron chi connectivity index (χ4n) is 1.73. The zero-order valence-corrected chi connectivity index (χ0v) is 13.3. The van der Waals surface area contributed by atoms with Crippen molar-refractivity contribution in [1.82, 2.24) is 20.4 Å². The zero-order valence-electron chi connectivity index (χ0n) is 13.3. The molecule has 1 unspecified atom stereocenters. The summed E-state index contributed by atoms with van der Waals surface area (Å²) in [5, 5.41) is 10.3. The van der Waals surface area contributed by atoms with Crippen molar-refractivity contribution in [3.8, 4) is 0 Å². The first-order chi connectivity index (χ1) is 9.84. The molecule has 1 amide bonds. The van der Waals surface area contributed by atoms with Crippen LogP contribution in [0.3, 0.4) is 0 Å². The van der Waals surface area contributed by atoms with Crippen LogP contribution in [0.4, 0.5) is 4.79 Å². The van der Waals surface area contributed by atoms with Crippen LogP contribution in [-0.2, 0) is 11.3 Å². The Balaban J connectivity index is 2.33. The van der Waals surface area contributed by atoms with E-state index in [1.54, 1.807) is 17.1 Å². The molecule has 1 rings (SSSR count). The van der Waals surface area contributed by atoms with Crippen molar-refractivity contribution in [1.29, 1.82) is 0 Å². The number of carbonyl (C=O) groups excluding carboxylic acids is 1. The quantitative estimate of drug-likeness (QED) is 0.810. The number of ether oxygens (including phenoxy) is 1. The molecule has 0 bridgehead atoms. The highest BCUT2D eigenvalue weighted by Crippen LogP contribution is 2.07. The number of alkyl carbamates (subject to hydrolysis) is 1. The van der Waals surface area contributed by atoms with Crippen LogP contribution < -0.4 is 10.6 Å². The van der Waals surface area contributed by atoms with Gasteiger partial charge >= 0.3 is 6.09 Å². The van der Waals surface area contributed by atoms with Gasteiger partial charge < -0.3 is 15.4 Å². The molecule has 1 aromatic rings. The summed E-state index contributed by atoms with van der Waals surface area (Å²) in [7, 11) is 0. The minimum Gasteiger partial charge on any atom is -0.444 e. The third-order valence-corrected chi connectivity index (χ3v) is 2.78. The molecule has 6 heteroatoms. The smallest absolute Gasteiger partial charge is 0.407 e. The standard InChI is InChI=1S/C15H26N4O2/c1-6-13(18-14(20)21-15(3,4)5)10-16-8-12-9-17-19(7-2)11-12/h7,9,11,13,16H,2,6,8,10H2,1,3-5H3,(H,18,20). The molecule has 2 N–H and O–H groups in total. The van der Waals surface area contributed by atoms with Gasteiger partial charge in [0.25, 0.3) is 0 Å². The Morgan fingerprint density at radius 3 is 2.81 bits per heavy atom. The first-order valence-electron chi connectivity index (χ1n) is 7.20. The van der Waals surface area contributed by atoms with Gasteiger partial charge in [-0.25, -0.2) is 9.48 Å². The summed E-state index contributed by atoms with van der Waals surface area (Å²) in [5.41, 5.74) is 0.594. The number of carbonyl (C=O) groups is 1. The third kappa shape index (κ3) is 6.94. The van der Waals surface area contributed by atoms with E-state index in [1.165, 1.54) is 0 Å². The molecule has 0 aliphatic rings. The van der Waals surface area contributed by atoms with Gasteiger partial charge in [0.2, 0.25) is 0 Å². The van der Waals surface area contributed by atoms with Gasteiger partial charge in [0.1, 0.15) is 5.60 Å². The topological polar surface area (TPSA) is 68.2 Å². The largest absolute Gasteiger partial charge is 0.444 e. The van der Waals surface area contributed by atoms with E-state index in [-0.39, 0.29) is 12.1 Å². The molecule has 1 heterocycles. The second-order valence-electron chi connectivity index (χ2n) is 5.89. The van der Waals surface area contributed by atoms with E-state index in [9.17, 15) is 4.79 Å². The predicted octanol–water partition coefficient (Wildman–Crippen LogP) is 2.38. The van der Waals surface area contributed by atoms with E-state index in [0.29, 0.717) is 13.1 Å². The zero-order chi connectivity index (χ0) is 15.9. The van der Waals surface area contributed by atoms with Crippen LogP contribution >= 0.6 is 0 Å². The van der Waals surface area contributed by atoms with E-state index < -0.39 is 5.60 Å². The normalized spacial score (nSPS) is 12.8. The predicted molar refractivity (Wildman–Crippen MR) is 83.8 cm³/mol. The Morgan fingerprint density at radius 1 is 1.57 bits per heavy atom. The number of hydrogen-bond donors (Lipinski definition) is 2. The van der Waals surface area contributed by atoms with Crippen LogP contribution in [0.25, 0.3) is 6.20 Å². The summed E-state index contributed by atoms with van der Waals surface area (Å²) < 4.78 is 6.91. The molecular weight excluding hydrogens is 268 g/mol. The third-order valence-electron chi connectivity index (χ3n) is 2.78. The Kier molecular flexibility index (Phi) is 6.42. The van der Waals surface area contributed by atoms with Crippen LogP contribution in [0.5, 0.6) is 0 Å². The number of nitrogens with zero attached hydrogens (tertiary/aromatic N) is 2. The molecule has 1 aromatic heterocycles. The summed E-state index contributed by atoms with van der Waals surface area (Å²) >= 11 is 0. The summed E-state index contributed by atoms with van der Waals surface area (Å²) in [6, 6.07) is 0.0364. The average molecular weight is 294 g/mol. The van der Waals surface area contributed by atoms with Crippen molar-refractivity contribution >= 4 is 12.3 Å². The maximum atomic E-state index is 11.7. The fourth-order valence-corrected chi connectivity index (χ4v) is 1.73. The summed E-state index contributed by atoms with van der Waals surface area (Å²) in [6.45, 7) is 12.6. The summed E-state index contributed by atoms with van der Waals surface area (Å²) in [6.07, 6.45) is 5.79. The maximum absolute atomic E-state index is 11.7. The molecule has 0 saturated carbocycles. The van der Waals surface area contributed by atoms with Gasteiger partial charge in [0.15, 0.2) is 0 Å². The van der Waals surface area contributed by atoms with E-state index in [0.717, 1.165) is 12.0 Å². The molecule has 6 nitrogen and oxygen atoms in total. The molecule has 0 saturated heterocycles. The average Bonchev–Trinajstić information content (AvgIpc) is 2.83. The lowest BCUT2D eigenvalue weighted by Crippen LogP contribution is -2.43. The molecule has 0 radical (unpaired) electrons. The van der Waals surface area contributed by atoms with Crippen LogP contribution in [-0.4, -0.2) is 34.1 Å². The lowest BCUT2D eigenvalue weighted by molar-refractivity contribution is 0.0502. The Labute approximate surface area is 126 Å². The van der Waals surface area contributed by atoms with Gasteiger partial charge in [-0.05, 0) is 27.2 Å². The number of rotatable bonds is 7. The molecular formula is C15H26N4O2. The van der Waals surface area contributed by atoms with Gasteiger partial charge in [-0.2, -0.15) is 5.10 Å². The molecule has 1 atom stereocenters. The van der Waals surface area contributed by atoms with Crippen molar-refractivity contribution in [2.45, 2.75) is 52.3 Å². The second kappa shape index (κ2) is 7.83. The van der Waals surface area contributed by atoms with Gasteiger partial charge in [-0.3, -0.25) is 0 Å². The number of hydrogen-bond acceptors (Lipinski definition) is 4. The number of nitrogens with one attached hydrogen (secondary N) is 2. The Morgan fingerprint density at radius 2 is 2.29 bits per heavy atom. The van der Waals surface area contributed by atoms with E-state index in [2.05, 4.69) is 22.3 Å². The van der Waals surface area contributed by atoms with Crippen LogP contribution in [0, 0.1) is 0 Å². The van der Waals surface area contributed by atoms with Gasteiger partial charge in [0, 0.05) is 37.1 Å². The highest BCUT2D eigenvalue weighted by Gasteiger charge is 2.18. The first kappa shape index (κ1) is 17.2. The molecule has 0 aliphatic heterocycles. The van der Waals surface area contributed by atoms with Crippen molar-refractivity contribution in [2.24, 2.45) is 0 Å².